The Morgan fingerprint density at radius 3 is 2.67 bits per heavy atom. The molecule has 1 aliphatic carbocycles. The predicted molar refractivity (Wildman–Crippen MR) is 51.1 cm³/mol. The predicted octanol–water partition coefficient (Wildman–Crippen LogP) is 0.841. The van der Waals surface area contributed by atoms with Crippen LogP contribution in [0.2, 0.25) is 0 Å². The van der Waals surface area contributed by atoms with E-state index in [0.717, 1.165) is 17.8 Å². The minimum Gasteiger partial charge on any atom is -0.316 e. The molecular formula is C10H20N2. The normalized spacial score (nSPS) is 26.8. The molecule has 2 fully saturated rings. The molecular weight excluding hydrogens is 148 g/mol. The van der Waals surface area contributed by atoms with Crippen molar-refractivity contribution in [3.8, 4) is 0 Å². The summed E-state index contributed by atoms with van der Waals surface area (Å²) in [6, 6.07) is 0. The molecule has 2 aliphatic rings. The van der Waals surface area contributed by atoms with E-state index in [0.29, 0.717) is 0 Å². The van der Waals surface area contributed by atoms with Crippen LogP contribution in [0, 0.1) is 17.8 Å². The van der Waals surface area contributed by atoms with Gasteiger partial charge in [-0.3, -0.25) is 0 Å². The monoisotopic (exact) mass is 168 g/mol. The molecule has 70 valence electrons. The SMILES string of the molecule is CC(CNCC1CNC1)C1CC1. The lowest BCUT2D eigenvalue weighted by molar-refractivity contribution is 0.320. The zero-order valence-corrected chi connectivity index (χ0v) is 7.97. The third kappa shape index (κ3) is 2.20. The van der Waals surface area contributed by atoms with Gasteiger partial charge in [0.15, 0.2) is 0 Å². The summed E-state index contributed by atoms with van der Waals surface area (Å²) in [5.74, 6) is 2.88. The summed E-state index contributed by atoms with van der Waals surface area (Å²) < 4.78 is 0. The second-order valence-electron chi connectivity index (χ2n) is 4.50. The molecule has 2 heteroatoms. The molecule has 1 saturated carbocycles. The first-order valence-corrected chi connectivity index (χ1v) is 5.27. The Hall–Kier alpha value is -0.0800. The first kappa shape index (κ1) is 8.52. The van der Waals surface area contributed by atoms with E-state index in [1.165, 1.54) is 39.0 Å². The summed E-state index contributed by atoms with van der Waals surface area (Å²) in [4.78, 5) is 0. The summed E-state index contributed by atoms with van der Waals surface area (Å²) in [5, 5.41) is 6.86. The summed E-state index contributed by atoms with van der Waals surface area (Å²) >= 11 is 0. The molecule has 0 amide bonds. The van der Waals surface area contributed by atoms with E-state index in [2.05, 4.69) is 17.6 Å². The molecule has 1 heterocycles. The van der Waals surface area contributed by atoms with Crippen LogP contribution in [0.25, 0.3) is 0 Å². The van der Waals surface area contributed by atoms with Gasteiger partial charge in [-0.2, -0.15) is 0 Å². The Morgan fingerprint density at radius 2 is 2.17 bits per heavy atom. The fraction of sp³-hybridized carbons (Fsp3) is 1.00. The van der Waals surface area contributed by atoms with Gasteiger partial charge in [-0.05, 0) is 37.1 Å². The quantitative estimate of drug-likeness (QED) is 0.636. The Kier molecular flexibility index (Phi) is 2.66. The van der Waals surface area contributed by atoms with Crippen molar-refractivity contribution in [2.45, 2.75) is 19.8 Å². The van der Waals surface area contributed by atoms with E-state index >= 15 is 0 Å². The maximum absolute atomic E-state index is 3.57. The molecule has 2 N–H and O–H groups in total. The van der Waals surface area contributed by atoms with Gasteiger partial charge in [-0.25, -0.2) is 0 Å². The molecule has 1 unspecified atom stereocenters. The zero-order valence-electron chi connectivity index (χ0n) is 7.97. The van der Waals surface area contributed by atoms with Crippen LogP contribution >= 0.6 is 0 Å². The average molecular weight is 168 g/mol. The second-order valence-corrected chi connectivity index (χ2v) is 4.50. The third-order valence-corrected chi connectivity index (χ3v) is 3.19. The Bertz CT molecular complexity index is 139. The molecule has 0 bridgehead atoms. The van der Waals surface area contributed by atoms with Crippen LogP contribution in [0.1, 0.15) is 19.8 Å². The number of hydrogen-bond donors (Lipinski definition) is 2. The van der Waals surface area contributed by atoms with Gasteiger partial charge < -0.3 is 10.6 Å². The van der Waals surface area contributed by atoms with Gasteiger partial charge in [0.05, 0.1) is 0 Å². The molecule has 0 aromatic carbocycles. The van der Waals surface area contributed by atoms with Crippen molar-refractivity contribution in [1.29, 1.82) is 0 Å². The van der Waals surface area contributed by atoms with Crippen molar-refractivity contribution in [2.75, 3.05) is 26.2 Å². The molecule has 1 atom stereocenters. The minimum atomic E-state index is 0.913. The van der Waals surface area contributed by atoms with Gasteiger partial charge in [-0.15, -0.1) is 0 Å². The number of nitrogens with one attached hydrogen (secondary N) is 2. The van der Waals surface area contributed by atoms with E-state index in [-0.39, 0.29) is 0 Å². The minimum absolute atomic E-state index is 0.913. The van der Waals surface area contributed by atoms with Crippen molar-refractivity contribution >= 4 is 0 Å². The largest absolute Gasteiger partial charge is 0.316 e. The molecule has 0 aromatic rings. The van der Waals surface area contributed by atoms with Gasteiger partial charge in [-0.1, -0.05) is 6.92 Å². The van der Waals surface area contributed by atoms with Crippen LogP contribution in [0.4, 0.5) is 0 Å². The summed E-state index contributed by atoms with van der Waals surface area (Å²) in [5.41, 5.74) is 0. The van der Waals surface area contributed by atoms with Crippen LogP contribution < -0.4 is 10.6 Å². The molecule has 0 aromatic heterocycles. The molecule has 1 saturated heterocycles. The highest BCUT2D eigenvalue weighted by molar-refractivity contribution is 4.81. The maximum atomic E-state index is 3.57. The molecule has 0 spiro atoms. The highest BCUT2D eigenvalue weighted by atomic mass is 15.0. The standard InChI is InChI=1S/C10H20N2/c1-8(10-2-3-10)4-11-5-9-6-12-7-9/h8-12H,2-7H2,1H3. The van der Waals surface area contributed by atoms with Crippen LogP contribution in [-0.2, 0) is 0 Å². The average Bonchev–Trinajstić information content (AvgIpc) is 2.75. The van der Waals surface area contributed by atoms with Gasteiger partial charge in [0.25, 0.3) is 0 Å². The van der Waals surface area contributed by atoms with Crippen LogP contribution in [0.3, 0.4) is 0 Å². The van der Waals surface area contributed by atoms with Gasteiger partial charge in [0, 0.05) is 19.6 Å². The first-order valence-electron chi connectivity index (χ1n) is 5.27. The Balaban J connectivity index is 1.49. The number of hydrogen-bond acceptors (Lipinski definition) is 2. The van der Waals surface area contributed by atoms with Crippen molar-refractivity contribution in [1.82, 2.24) is 10.6 Å². The smallest absolute Gasteiger partial charge is 0.000394 e. The van der Waals surface area contributed by atoms with Gasteiger partial charge in [0.1, 0.15) is 0 Å². The van der Waals surface area contributed by atoms with Crippen molar-refractivity contribution < 1.29 is 0 Å². The fourth-order valence-electron chi connectivity index (χ4n) is 1.84. The van der Waals surface area contributed by atoms with E-state index in [4.69, 9.17) is 0 Å². The fourth-order valence-corrected chi connectivity index (χ4v) is 1.84. The van der Waals surface area contributed by atoms with Crippen LogP contribution in [0.15, 0.2) is 0 Å². The molecule has 2 rings (SSSR count). The van der Waals surface area contributed by atoms with E-state index in [9.17, 15) is 0 Å². The lowest BCUT2D eigenvalue weighted by atomic mass is 10.0. The van der Waals surface area contributed by atoms with Crippen LogP contribution in [0.5, 0.6) is 0 Å². The molecule has 2 nitrogen and oxygen atoms in total. The maximum Gasteiger partial charge on any atom is 0.000394 e. The highest BCUT2D eigenvalue weighted by Crippen LogP contribution is 2.36. The van der Waals surface area contributed by atoms with E-state index in [1.807, 2.05) is 0 Å². The lowest BCUT2D eigenvalue weighted by Crippen LogP contribution is -2.47. The van der Waals surface area contributed by atoms with Gasteiger partial charge >= 0.3 is 0 Å². The first-order chi connectivity index (χ1) is 5.86. The van der Waals surface area contributed by atoms with Crippen molar-refractivity contribution in [3.05, 3.63) is 0 Å². The number of rotatable bonds is 5. The topological polar surface area (TPSA) is 24.1 Å². The molecule has 1 aliphatic heterocycles. The van der Waals surface area contributed by atoms with Crippen LogP contribution in [-0.4, -0.2) is 26.2 Å². The zero-order chi connectivity index (χ0) is 8.39. The molecule has 12 heavy (non-hydrogen) atoms. The Morgan fingerprint density at radius 1 is 1.42 bits per heavy atom. The van der Waals surface area contributed by atoms with Gasteiger partial charge in [0.2, 0.25) is 0 Å². The van der Waals surface area contributed by atoms with Crippen molar-refractivity contribution in [2.24, 2.45) is 17.8 Å². The lowest BCUT2D eigenvalue weighted by Gasteiger charge is -2.27. The van der Waals surface area contributed by atoms with E-state index in [1.54, 1.807) is 0 Å². The summed E-state index contributed by atoms with van der Waals surface area (Å²) in [6.45, 7) is 7.30. The highest BCUT2D eigenvalue weighted by Gasteiger charge is 2.27. The van der Waals surface area contributed by atoms with E-state index < -0.39 is 0 Å². The molecule has 0 radical (unpaired) electrons. The second kappa shape index (κ2) is 3.75. The summed E-state index contributed by atoms with van der Waals surface area (Å²) in [7, 11) is 0. The van der Waals surface area contributed by atoms with Crippen molar-refractivity contribution in [3.63, 3.8) is 0 Å². The summed E-state index contributed by atoms with van der Waals surface area (Å²) in [6.07, 6.45) is 2.96. The third-order valence-electron chi connectivity index (χ3n) is 3.19. The Labute approximate surface area is 75.1 Å².